The van der Waals surface area contributed by atoms with Crippen LogP contribution in [0.4, 0.5) is 4.39 Å². The van der Waals surface area contributed by atoms with Crippen molar-refractivity contribution in [3.63, 3.8) is 0 Å². The van der Waals surface area contributed by atoms with E-state index in [4.69, 9.17) is 9.47 Å². The Bertz CT molecular complexity index is 1280. The number of fused-ring (bicyclic) bond motifs is 2. The first-order valence-corrected chi connectivity index (χ1v) is 11.9. The first kappa shape index (κ1) is 21.5. The molecule has 0 radical (unpaired) electrons. The van der Waals surface area contributed by atoms with Crippen molar-refractivity contribution in [1.82, 2.24) is 24.3 Å². The summed E-state index contributed by atoms with van der Waals surface area (Å²) in [7, 11) is 0. The van der Waals surface area contributed by atoms with Gasteiger partial charge in [-0.25, -0.2) is 4.39 Å². The number of halogens is 1. The molecule has 8 nitrogen and oxygen atoms in total. The van der Waals surface area contributed by atoms with Gasteiger partial charge >= 0.3 is 0 Å². The van der Waals surface area contributed by atoms with Crippen LogP contribution in [0.2, 0.25) is 0 Å². The van der Waals surface area contributed by atoms with E-state index in [2.05, 4.69) is 19.8 Å². The monoisotopic (exact) mass is 465 g/mol. The van der Waals surface area contributed by atoms with Crippen LogP contribution in [-0.2, 0) is 13.1 Å². The average molecular weight is 466 g/mol. The maximum atomic E-state index is 13.8. The van der Waals surface area contributed by atoms with Gasteiger partial charge in [-0.3, -0.25) is 19.7 Å². The van der Waals surface area contributed by atoms with Crippen LogP contribution in [0.1, 0.15) is 18.5 Å². The van der Waals surface area contributed by atoms with Crippen molar-refractivity contribution >= 4 is 11.0 Å². The summed E-state index contributed by atoms with van der Waals surface area (Å²) in [5.41, 5.74) is 2.36. The number of hydrogen-bond donors (Lipinski definition) is 0. The number of likely N-dealkylation sites (tertiary alicyclic amines) is 2. The zero-order valence-corrected chi connectivity index (χ0v) is 19.1. The molecule has 0 saturated carbocycles. The standard InChI is InChI=1S/C25H28FN5O3/c26-18-11-21-20(28-13-18)1-2-24(32)31(21)8-7-29-5-3-25(16-29)4-6-30(17-25)15-19-12-22-23(14-27-19)34-10-9-33-22/h1-2,11-14H,3-10,15-17H2. The lowest BCUT2D eigenvalue weighted by Gasteiger charge is -2.25. The lowest BCUT2D eigenvalue weighted by Crippen LogP contribution is -2.33. The summed E-state index contributed by atoms with van der Waals surface area (Å²) in [5, 5.41) is 0. The van der Waals surface area contributed by atoms with E-state index in [0.717, 1.165) is 69.3 Å². The van der Waals surface area contributed by atoms with E-state index in [9.17, 15) is 9.18 Å². The molecule has 1 atom stereocenters. The van der Waals surface area contributed by atoms with Gasteiger partial charge in [-0.2, -0.15) is 0 Å². The third-order valence-electron chi connectivity index (χ3n) is 7.35. The lowest BCUT2D eigenvalue weighted by atomic mass is 9.86. The third kappa shape index (κ3) is 4.14. The Morgan fingerprint density at radius 1 is 0.941 bits per heavy atom. The van der Waals surface area contributed by atoms with Gasteiger partial charge in [0.05, 0.1) is 29.1 Å². The molecule has 3 aliphatic heterocycles. The normalized spacial score (nSPS) is 22.7. The fourth-order valence-electron chi connectivity index (χ4n) is 5.63. The molecule has 2 fully saturated rings. The van der Waals surface area contributed by atoms with Crippen LogP contribution < -0.4 is 15.0 Å². The predicted octanol–water partition coefficient (Wildman–Crippen LogP) is 2.30. The van der Waals surface area contributed by atoms with Crippen LogP contribution in [0.25, 0.3) is 11.0 Å². The van der Waals surface area contributed by atoms with E-state index >= 15 is 0 Å². The fraction of sp³-hybridized carbons (Fsp3) is 0.480. The molecule has 34 heavy (non-hydrogen) atoms. The minimum atomic E-state index is -0.425. The minimum absolute atomic E-state index is 0.118. The Hall–Kier alpha value is -3.04. The van der Waals surface area contributed by atoms with Crippen molar-refractivity contribution in [2.24, 2.45) is 5.41 Å². The Morgan fingerprint density at radius 3 is 2.62 bits per heavy atom. The van der Waals surface area contributed by atoms with E-state index in [1.54, 1.807) is 16.8 Å². The highest BCUT2D eigenvalue weighted by atomic mass is 19.1. The van der Waals surface area contributed by atoms with Crippen LogP contribution >= 0.6 is 0 Å². The van der Waals surface area contributed by atoms with Crippen LogP contribution in [-0.4, -0.2) is 70.3 Å². The van der Waals surface area contributed by atoms with Crippen LogP contribution in [0.15, 0.2) is 41.5 Å². The second-order valence-electron chi connectivity index (χ2n) is 9.69. The van der Waals surface area contributed by atoms with Crippen molar-refractivity contribution in [3.8, 4) is 11.5 Å². The van der Waals surface area contributed by atoms with Crippen molar-refractivity contribution in [2.75, 3.05) is 45.9 Å². The highest BCUT2D eigenvalue weighted by Crippen LogP contribution is 2.40. The van der Waals surface area contributed by atoms with Gasteiger partial charge < -0.3 is 18.9 Å². The Morgan fingerprint density at radius 2 is 1.74 bits per heavy atom. The first-order chi connectivity index (χ1) is 16.6. The zero-order chi connectivity index (χ0) is 23.1. The topological polar surface area (TPSA) is 72.7 Å². The first-order valence-electron chi connectivity index (χ1n) is 11.9. The number of nitrogens with zero attached hydrogens (tertiary/aromatic N) is 5. The molecule has 2 saturated heterocycles. The molecule has 3 aromatic rings. The van der Waals surface area contributed by atoms with Gasteiger partial charge in [-0.1, -0.05) is 0 Å². The predicted molar refractivity (Wildman–Crippen MR) is 125 cm³/mol. The number of rotatable bonds is 5. The molecule has 178 valence electrons. The molecule has 6 heterocycles. The number of hydrogen-bond acceptors (Lipinski definition) is 7. The molecular weight excluding hydrogens is 437 g/mol. The Balaban J connectivity index is 1.08. The molecule has 0 amide bonds. The molecule has 9 heteroatoms. The van der Waals surface area contributed by atoms with Gasteiger partial charge in [0, 0.05) is 50.9 Å². The van der Waals surface area contributed by atoms with Crippen molar-refractivity contribution < 1.29 is 13.9 Å². The number of aromatic nitrogens is 3. The van der Waals surface area contributed by atoms with Gasteiger partial charge in [-0.15, -0.1) is 0 Å². The lowest BCUT2D eigenvalue weighted by molar-refractivity contribution is 0.170. The minimum Gasteiger partial charge on any atom is -0.486 e. The maximum Gasteiger partial charge on any atom is 0.251 e. The van der Waals surface area contributed by atoms with E-state index < -0.39 is 5.82 Å². The van der Waals surface area contributed by atoms with Gasteiger partial charge in [0.25, 0.3) is 5.56 Å². The summed E-state index contributed by atoms with van der Waals surface area (Å²) < 4.78 is 26.7. The summed E-state index contributed by atoms with van der Waals surface area (Å²) in [6.07, 6.45) is 5.27. The van der Waals surface area contributed by atoms with Gasteiger partial charge in [0.15, 0.2) is 11.5 Å². The summed E-state index contributed by atoms with van der Waals surface area (Å²) in [5.74, 6) is 1.09. The Kier molecular flexibility index (Phi) is 5.45. The summed E-state index contributed by atoms with van der Waals surface area (Å²) in [4.78, 5) is 26.1. The molecule has 3 aliphatic rings. The van der Waals surface area contributed by atoms with Crippen LogP contribution in [0.3, 0.4) is 0 Å². The zero-order valence-electron chi connectivity index (χ0n) is 19.1. The number of ether oxygens (including phenoxy) is 2. The molecule has 0 bridgehead atoms. The van der Waals surface area contributed by atoms with E-state index in [1.807, 2.05) is 6.07 Å². The molecule has 1 spiro atoms. The van der Waals surface area contributed by atoms with E-state index in [-0.39, 0.29) is 11.0 Å². The molecule has 0 aliphatic carbocycles. The second-order valence-corrected chi connectivity index (χ2v) is 9.69. The fourth-order valence-corrected chi connectivity index (χ4v) is 5.63. The number of pyridine rings is 3. The SMILES string of the molecule is O=c1ccc2ncc(F)cc2n1CCN1CCC2(CCN(Cc3cc4c(cn3)OCCO4)C2)C1. The maximum absolute atomic E-state index is 13.8. The van der Waals surface area contributed by atoms with Crippen molar-refractivity contribution in [1.29, 1.82) is 0 Å². The van der Waals surface area contributed by atoms with Crippen LogP contribution in [0, 0.1) is 11.2 Å². The highest BCUT2D eigenvalue weighted by Gasteiger charge is 2.43. The van der Waals surface area contributed by atoms with Gasteiger partial charge in [0.1, 0.15) is 19.0 Å². The van der Waals surface area contributed by atoms with Crippen LogP contribution in [0.5, 0.6) is 11.5 Å². The summed E-state index contributed by atoms with van der Waals surface area (Å²) in [6.45, 7) is 7.39. The summed E-state index contributed by atoms with van der Waals surface area (Å²) in [6, 6.07) is 6.57. The third-order valence-corrected chi connectivity index (χ3v) is 7.35. The van der Waals surface area contributed by atoms with Gasteiger partial charge in [0.2, 0.25) is 0 Å². The molecule has 6 rings (SSSR count). The van der Waals surface area contributed by atoms with E-state index in [1.165, 1.54) is 18.3 Å². The van der Waals surface area contributed by atoms with E-state index in [0.29, 0.717) is 30.8 Å². The highest BCUT2D eigenvalue weighted by molar-refractivity contribution is 5.74. The molecule has 0 N–H and O–H groups in total. The average Bonchev–Trinajstić information content (AvgIpc) is 3.43. The largest absolute Gasteiger partial charge is 0.486 e. The smallest absolute Gasteiger partial charge is 0.251 e. The van der Waals surface area contributed by atoms with Crippen molar-refractivity contribution in [3.05, 3.63) is 58.5 Å². The summed E-state index contributed by atoms with van der Waals surface area (Å²) >= 11 is 0. The second kappa shape index (κ2) is 8.63. The quantitative estimate of drug-likeness (QED) is 0.573. The molecular formula is C25H28FN5O3. The molecule has 1 unspecified atom stereocenters. The van der Waals surface area contributed by atoms with Gasteiger partial charge in [-0.05, 0) is 37.4 Å². The molecule has 0 aromatic carbocycles. The van der Waals surface area contributed by atoms with Crippen molar-refractivity contribution in [2.45, 2.75) is 25.9 Å². The molecule has 3 aromatic heterocycles. The Labute approximate surface area is 196 Å².